The van der Waals surface area contributed by atoms with Crippen molar-refractivity contribution in [3.63, 3.8) is 0 Å². The summed E-state index contributed by atoms with van der Waals surface area (Å²) in [6.07, 6.45) is 4.40. The normalized spacial score (nSPS) is 24.1. The highest BCUT2D eigenvalue weighted by molar-refractivity contribution is 5.76. The van der Waals surface area contributed by atoms with E-state index in [1.807, 2.05) is 17.9 Å². The van der Waals surface area contributed by atoms with Crippen molar-refractivity contribution in [3.05, 3.63) is 39.4 Å². The van der Waals surface area contributed by atoms with Crippen LogP contribution in [-0.4, -0.2) is 28.3 Å². The lowest BCUT2D eigenvalue weighted by molar-refractivity contribution is -0.384. The number of non-ortho nitro benzene ring substituents is 1. The van der Waals surface area contributed by atoms with E-state index in [9.17, 15) is 14.9 Å². The van der Waals surface area contributed by atoms with E-state index in [1.54, 1.807) is 12.1 Å². The molecule has 1 heterocycles. The first kappa shape index (κ1) is 14.0. The van der Waals surface area contributed by atoms with Crippen LogP contribution in [0.15, 0.2) is 18.2 Å². The van der Waals surface area contributed by atoms with E-state index >= 15 is 0 Å². The molecular formula is C16H20N2O3. The number of hydrogen-bond donors (Lipinski definition) is 0. The molecule has 0 N–H and O–H groups in total. The molecule has 5 heteroatoms. The lowest BCUT2D eigenvalue weighted by Crippen LogP contribution is -2.51. The number of hydrogen-bond acceptors (Lipinski definition) is 3. The minimum absolute atomic E-state index is 0.171. The molecule has 112 valence electrons. The van der Waals surface area contributed by atoms with Gasteiger partial charge in [-0.2, -0.15) is 0 Å². The third kappa shape index (κ3) is 2.52. The van der Waals surface area contributed by atoms with Gasteiger partial charge >= 0.3 is 0 Å². The fourth-order valence-corrected chi connectivity index (χ4v) is 3.79. The maximum Gasteiger partial charge on any atom is 0.269 e. The van der Waals surface area contributed by atoms with Crippen LogP contribution in [-0.2, 0) is 17.6 Å². The molecule has 1 fully saturated rings. The van der Waals surface area contributed by atoms with Crippen molar-refractivity contribution in [2.24, 2.45) is 5.92 Å². The Morgan fingerprint density at radius 2 is 2.19 bits per heavy atom. The number of piperidine rings is 1. The summed E-state index contributed by atoms with van der Waals surface area (Å²) < 4.78 is 0. The summed E-state index contributed by atoms with van der Waals surface area (Å²) >= 11 is 0. The standard InChI is InChI=1S/C16H20N2O3/c1-2-16(19)17-7-3-4-12-8-13-9-14(18(20)21)6-5-11(13)10-15(12)17/h5-6,9,12,15H,2-4,7-8,10H2,1H3. The van der Waals surface area contributed by atoms with Gasteiger partial charge in [0.1, 0.15) is 0 Å². The molecule has 1 aliphatic heterocycles. The molecule has 0 bridgehead atoms. The maximum atomic E-state index is 12.1. The zero-order chi connectivity index (χ0) is 15.0. The van der Waals surface area contributed by atoms with Crippen LogP contribution in [0.5, 0.6) is 0 Å². The number of nitro groups is 1. The van der Waals surface area contributed by atoms with Crippen LogP contribution in [0, 0.1) is 16.0 Å². The van der Waals surface area contributed by atoms with E-state index in [1.165, 1.54) is 0 Å². The average molecular weight is 288 g/mol. The zero-order valence-corrected chi connectivity index (χ0v) is 12.2. The van der Waals surface area contributed by atoms with Gasteiger partial charge in [-0.25, -0.2) is 0 Å². The average Bonchev–Trinajstić information content (AvgIpc) is 2.50. The van der Waals surface area contributed by atoms with Crippen LogP contribution in [0.1, 0.15) is 37.3 Å². The number of benzene rings is 1. The predicted octanol–water partition coefficient (Wildman–Crippen LogP) is 2.71. The van der Waals surface area contributed by atoms with Crippen LogP contribution >= 0.6 is 0 Å². The number of fused-ring (bicyclic) bond motifs is 2. The molecule has 1 aliphatic carbocycles. The molecule has 1 aromatic carbocycles. The van der Waals surface area contributed by atoms with Crippen LogP contribution in [0.3, 0.4) is 0 Å². The maximum absolute atomic E-state index is 12.1. The molecule has 0 aromatic heterocycles. The number of carbonyl (C=O) groups excluding carboxylic acids is 1. The van der Waals surface area contributed by atoms with Gasteiger partial charge in [0.25, 0.3) is 5.69 Å². The summed E-state index contributed by atoms with van der Waals surface area (Å²) in [6.45, 7) is 2.77. The predicted molar refractivity (Wildman–Crippen MR) is 79.0 cm³/mol. The molecule has 1 saturated heterocycles. The highest BCUT2D eigenvalue weighted by Gasteiger charge is 2.37. The quantitative estimate of drug-likeness (QED) is 0.621. The molecule has 5 nitrogen and oxygen atoms in total. The van der Waals surface area contributed by atoms with E-state index in [0.717, 1.165) is 43.4 Å². The molecule has 2 aliphatic rings. The lowest BCUT2D eigenvalue weighted by atomic mass is 9.75. The van der Waals surface area contributed by atoms with Crippen molar-refractivity contribution in [1.82, 2.24) is 4.90 Å². The van der Waals surface area contributed by atoms with Crippen LogP contribution < -0.4 is 0 Å². The zero-order valence-electron chi connectivity index (χ0n) is 12.2. The van der Waals surface area contributed by atoms with Crippen molar-refractivity contribution in [3.8, 4) is 0 Å². The second kappa shape index (κ2) is 5.47. The first-order chi connectivity index (χ1) is 10.1. The number of amides is 1. The Balaban J connectivity index is 1.89. The number of carbonyl (C=O) groups is 1. The van der Waals surface area contributed by atoms with Gasteiger partial charge < -0.3 is 4.90 Å². The van der Waals surface area contributed by atoms with Crippen molar-refractivity contribution >= 4 is 11.6 Å². The molecule has 0 spiro atoms. The molecule has 3 rings (SSSR count). The van der Waals surface area contributed by atoms with Gasteiger partial charge in [-0.1, -0.05) is 13.0 Å². The number of nitrogens with zero attached hydrogens (tertiary/aromatic N) is 2. The topological polar surface area (TPSA) is 63.5 Å². The number of nitro benzene ring substituents is 1. The number of rotatable bonds is 2. The Bertz CT molecular complexity index is 585. The summed E-state index contributed by atoms with van der Waals surface area (Å²) in [4.78, 5) is 24.7. The fraction of sp³-hybridized carbons (Fsp3) is 0.562. The highest BCUT2D eigenvalue weighted by Crippen LogP contribution is 2.36. The fourth-order valence-electron chi connectivity index (χ4n) is 3.79. The smallest absolute Gasteiger partial charge is 0.269 e. The third-order valence-corrected chi connectivity index (χ3v) is 4.85. The van der Waals surface area contributed by atoms with Gasteiger partial charge in [0.15, 0.2) is 0 Å². The van der Waals surface area contributed by atoms with Gasteiger partial charge in [-0.05, 0) is 42.7 Å². The second-order valence-electron chi connectivity index (χ2n) is 6.03. The minimum atomic E-state index is -0.333. The van der Waals surface area contributed by atoms with E-state index in [4.69, 9.17) is 0 Å². The number of likely N-dealkylation sites (tertiary alicyclic amines) is 1. The van der Waals surface area contributed by atoms with E-state index in [0.29, 0.717) is 12.3 Å². The molecule has 0 radical (unpaired) electrons. The summed E-state index contributed by atoms with van der Waals surface area (Å²) in [7, 11) is 0. The summed E-state index contributed by atoms with van der Waals surface area (Å²) in [6, 6.07) is 5.44. The van der Waals surface area contributed by atoms with E-state index in [-0.39, 0.29) is 22.6 Å². The van der Waals surface area contributed by atoms with Gasteiger partial charge in [-0.15, -0.1) is 0 Å². The lowest BCUT2D eigenvalue weighted by Gasteiger charge is -2.44. The SMILES string of the molecule is CCC(=O)N1CCCC2Cc3cc([N+](=O)[O-])ccc3CC21. The van der Waals surface area contributed by atoms with Gasteiger partial charge in [-0.3, -0.25) is 14.9 Å². The first-order valence-corrected chi connectivity index (χ1v) is 7.65. The molecule has 2 atom stereocenters. The molecule has 1 amide bonds. The largest absolute Gasteiger partial charge is 0.339 e. The molecule has 2 unspecified atom stereocenters. The van der Waals surface area contributed by atoms with E-state index in [2.05, 4.69) is 0 Å². The highest BCUT2D eigenvalue weighted by atomic mass is 16.6. The van der Waals surface area contributed by atoms with Crippen LogP contribution in [0.4, 0.5) is 5.69 Å². The van der Waals surface area contributed by atoms with E-state index < -0.39 is 0 Å². The van der Waals surface area contributed by atoms with Gasteiger partial charge in [0, 0.05) is 31.1 Å². The van der Waals surface area contributed by atoms with Gasteiger partial charge in [0.05, 0.1) is 4.92 Å². The van der Waals surface area contributed by atoms with Crippen molar-refractivity contribution in [2.75, 3.05) is 6.54 Å². The van der Waals surface area contributed by atoms with Crippen LogP contribution in [0.25, 0.3) is 0 Å². The Kier molecular flexibility index (Phi) is 3.66. The molecule has 0 saturated carbocycles. The first-order valence-electron chi connectivity index (χ1n) is 7.65. The Morgan fingerprint density at radius 1 is 1.38 bits per heavy atom. The Morgan fingerprint density at radius 3 is 2.90 bits per heavy atom. The van der Waals surface area contributed by atoms with Crippen molar-refractivity contribution in [1.29, 1.82) is 0 Å². The van der Waals surface area contributed by atoms with Crippen molar-refractivity contribution in [2.45, 2.75) is 45.1 Å². The Hall–Kier alpha value is -1.91. The summed E-state index contributed by atoms with van der Waals surface area (Å²) in [5.74, 6) is 0.679. The second-order valence-corrected chi connectivity index (χ2v) is 6.03. The van der Waals surface area contributed by atoms with Gasteiger partial charge in [0.2, 0.25) is 5.91 Å². The van der Waals surface area contributed by atoms with Crippen LogP contribution in [0.2, 0.25) is 0 Å². The molecule has 1 aromatic rings. The monoisotopic (exact) mass is 288 g/mol. The summed E-state index contributed by atoms with van der Waals surface area (Å²) in [5, 5.41) is 10.9. The third-order valence-electron chi connectivity index (χ3n) is 4.85. The summed E-state index contributed by atoms with van der Waals surface area (Å²) in [5.41, 5.74) is 2.43. The molecular weight excluding hydrogens is 268 g/mol. The molecule has 21 heavy (non-hydrogen) atoms. The minimum Gasteiger partial charge on any atom is -0.339 e. The van der Waals surface area contributed by atoms with Crippen molar-refractivity contribution < 1.29 is 9.72 Å². The Labute approximate surface area is 124 Å².